The highest BCUT2D eigenvalue weighted by atomic mass is 16.5. The second kappa shape index (κ2) is 7.44. The molecule has 0 amide bonds. The van der Waals surface area contributed by atoms with E-state index in [4.69, 9.17) is 9.47 Å². The summed E-state index contributed by atoms with van der Waals surface area (Å²) in [5, 5.41) is 0. The Morgan fingerprint density at radius 1 is 1.08 bits per heavy atom. The molecule has 0 N–H and O–H groups in total. The lowest BCUT2D eigenvalue weighted by Crippen LogP contribution is -2.36. The van der Waals surface area contributed by atoms with Gasteiger partial charge in [0, 0.05) is 17.3 Å². The van der Waals surface area contributed by atoms with Crippen LogP contribution in [0.2, 0.25) is 0 Å². The van der Waals surface area contributed by atoms with E-state index < -0.39 is 23.8 Å². The quantitative estimate of drug-likeness (QED) is 0.772. The molecule has 0 fully saturated rings. The molecule has 0 radical (unpaired) electrons. The molecule has 0 saturated heterocycles. The van der Waals surface area contributed by atoms with E-state index in [0.29, 0.717) is 17.0 Å². The molecule has 1 aliphatic rings. The van der Waals surface area contributed by atoms with Gasteiger partial charge in [0.15, 0.2) is 0 Å². The number of benzene rings is 1. The normalized spacial score (nSPS) is 20.5. The Labute approximate surface area is 155 Å². The van der Waals surface area contributed by atoms with Gasteiger partial charge in [-0.3, -0.25) is 9.79 Å². The predicted octanol–water partition coefficient (Wildman–Crippen LogP) is 3.78. The van der Waals surface area contributed by atoms with Gasteiger partial charge >= 0.3 is 11.9 Å². The van der Waals surface area contributed by atoms with Gasteiger partial charge in [-0.25, -0.2) is 4.79 Å². The summed E-state index contributed by atoms with van der Waals surface area (Å²) in [4.78, 5) is 29.5. The molecule has 5 nitrogen and oxygen atoms in total. The van der Waals surface area contributed by atoms with Gasteiger partial charge in [-0.1, -0.05) is 45.0 Å². The molecule has 0 aliphatic carbocycles. The smallest absolute Gasteiger partial charge is 0.336 e. The van der Waals surface area contributed by atoms with Crippen molar-refractivity contribution >= 4 is 17.7 Å². The zero-order chi connectivity index (χ0) is 19.6. The Balaban J connectivity index is 2.71. The minimum absolute atomic E-state index is 0.0568. The molecule has 5 heteroatoms. The summed E-state index contributed by atoms with van der Waals surface area (Å²) in [6.45, 7) is 9.93. The monoisotopic (exact) mass is 357 g/mol. The lowest BCUT2D eigenvalue weighted by atomic mass is 9.74. The topological polar surface area (TPSA) is 65.0 Å². The number of rotatable bonds is 3. The number of ether oxygens (including phenoxy) is 2. The Morgan fingerprint density at radius 3 is 2.27 bits per heavy atom. The molecule has 1 aromatic carbocycles. The molecule has 1 aromatic rings. The van der Waals surface area contributed by atoms with Crippen LogP contribution in [0, 0.1) is 5.92 Å². The van der Waals surface area contributed by atoms with E-state index in [1.807, 2.05) is 12.1 Å². The van der Waals surface area contributed by atoms with Crippen LogP contribution >= 0.6 is 0 Å². The third-order valence-corrected chi connectivity index (χ3v) is 4.80. The maximum Gasteiger partial charge on any atom is 0.336 e. The van der Waals surface area contributed by atoms with Crippen LogP contribution in [0.4, 0.5) is 0 Å². The second-order valence-corrected chi connectivity index (χ2v) is 7.60. The third kappa shape index (κ3) is 3.71. The zero-order valence-electron chi connectivity index (χ0n) is 16.5. The van der Waals surface area contributed by atoms with Crippen LogP contribution in [-0.2, 0) is 24.5 Å². The first-order chi connectivity index (χ1) is 12.1. The fourth-order valence-corrected chi connectivity index (χ4v) is 3.40. The number of nitrogens with zero attached hydrogens (tertiary/aromatic N) is 1. The van der Waals surface area contributed by atoms with Gasteiger partial charge in [0.2, 0.25) is 0 Å². The lowest BCUT2D eigenvalue weighted by molar-refractivity contribution is -0.143. The Bertz CT molecular complexity index is 783. The first-order valence-corrected chi connectivity index (χ1v) is 8.64. The maximum atomic E-state index is 12.5. The summed E-state index contributed by atoms with van der Waals surface area (Å²) in [5.74, 6) is -2.03. The molecule has 140 valence electrons. The minimum Gasteiger partial charge on any atom is -0.468 e. The largest absolute Gasteiger partial charge is 0.468 e. The van der Waals surface area contributed by atoms with Gasteiger partial charge in [-0.2, -0.15) is 0 Å². The lowest BCUT2D eigenvalue weighted by Gasteiger charge is -2.32. The number of hydrogen-bond donors (Lipinski definition) is 0. The minimum atomic E-state index is -0.659. The van der Waals surface area contributed by atoms with Crippen molar-refractivity contribution in [1.82, 2.24) is 0 Å². The van der Waals surface area contributed by atoms with Crippen molar-refractivity contribution in [2.24, 2.45) is 10.9 Å². The summed E-state index contributed by atoms with van der Waals surface area (Å²) < 4.78 is 10.00. The van der Waals surface area contributed by atoms with Crippen molar-refractivity contribution in [3.8, 4) is 0 Å². The predicted molar refractivity (Wildman–Crippen MR) is 101 cm³/mol. The second-order valence-electron chi connectivity index (χ2n) is 7.60. The highest BCUT2D eigenvalue weighted by Crippen LogP contribution is 2.41. The molecule has 0 bridgehead atoms. The first-order valence-electron chi connectivity index (χ1n) is 8.64. The third-order valence-electron chi connectivity index (χ3n) is 4.80. The van der Waals surface area contributed by atoms with Gasteiger partial charge < -0.3 is 9.47 Å². The summed E-state index contributed by atoms with van der Waals surface area (Å²) in [6.07, 6.45) is 0. The van der Waals surface area contributed by atoms with Crippen LogP contribution in [0.5, 0.6) is 0 Å². The van der Waals surface area contributed by atoms with E-state index in [2.05, 4.69) is 37.9 Å². The molecule has 1 aliphatic heterocycles. The number of aliphatic imine (C=N–C) groups is 1. The maximum absolute atomic E-state index is 12.5. The van der Waals surface area contributed by atoms with Gasteiger partial charge in [0.05, 0.1) is 19.8 Å². The fraction of sp³-hybridized carbons (Fsp3) is 0.476. The van der Waals surface area contributed by atoms with Gasteiger partial charge in [0.1, 0.15) is 5.92 Å². The van der Waals surface area contributed by atoms with E-state index in [0.717, 1.165) is 11.1 Å². The Morgan fingerprint density at radius 2 is 1.73 bits per heavy atom. The molecular weight excluding hydrogens is 330 g/mol. The summed E-state index contributed by atoms with van der Waals surface area (Å²) in [6, 6.07) is 7.99. The fourth-order valence-electron chi connectivity index (χ4n) is 3.40. The summed E-state index contributed by atoms with van der Waals surface area (Å²) >= 11 is 0. The SMILES string of the molecule is COC(=O)C1=C(C)N=C(C)C(C(=O)OC)C1c1cccc(C(C)(C)C)c1. The molecule has 0 spiro atoms. The first kappa shape index (κ1) is 19.9. The van der Waals surface area contributed by atoms with Crippen molar-refractivity contribution in [1.29, 1.82) is 0 Å². The highest BCUT2D eigenvalue weighted by molar-refractivity contribution is 6.06. The van der Waals surface area contributed by atoms with Crippen molar-refractivity contribution in [2.75, 3.05) is 14.2 Å². The average Bonchev–Trinajstić information content (AvgIpc) is 2.59. The summed E-state index contributed by atoms with van der Waals surface area (Å²) in [5.41, 5.74) is 3.55. The van der Waals surface area contributed by atoms with Crippen LogP contribution < -0.4 is 0 Å². The molecule has 0 aromatic heterocycles. The number of carbonyl (C=O) groups excluding carboxylic acids is 2. The van der Waals surface area contributed by atoms with E-state index in [-0.39, 0.29) is 5.41 Å². The number of esters is 2. The van der Waals surface area contributed by atoms with Crippen LogP contribution in [0.3, 0.4) is 0 Å². The number of hydrogen-bond acceptors (Lipinski definition) is 5. The standard InChI is InChI=1S/C21H27NO4/c1-12-16(19(23)25-6)18(17(13(2)22-12)20(24)26-7)14-9-8-10-15(11-14)21(3,4)5/h8-11,16,18H,1-7H3. The number of allylic oxidation sites excluding steroid dienone is 1. The van der Waals surface area contributed by atoms with Crippen molar-refractivity contribution in [3.63, 3.8) is 0 Å². The molecular formula is C21H27NO4. The summed E-state index contributed by atoms with van der Waals surface area (Å²) in [7, 11) is 2.69. The van der Waals surface area contributed by atoms with Crippen LogP contribution in [0.25, 0.3) is 0 Å². The average molecular weight is 357 g/mol. The molecule has 2 rings (SSSR count). The highest BCUT2D eigenvalue weighted by Gasteiger charge is 2.42. The number of methoxy groups -OCH3 is 2. The van der Waals surface area contributed by atoms with Crippen molar-refractivity contribution < 1.29 is 19.1 Å². The zero-order valence-corrected chi connectivity index (χ0v) is 16.5. The van der Waals surface area contributed by atoms with Gasteiger partial charge in [-0.15, -0.1) is 0 Å². The van der Waals surface area contributed by atoms with E-state index in [1.54, 1.807) is 13.8 Å². The van der Waals surface area contributed by atoms with Crippen molar-refractivity contribution in [2.45, 2.75) is 46.0 Å². The van der Waals surface area contributed by atoms with Gasteiger partial charge in [-0.05, 0) is 30.4 Å². The van der Waals surface area contributed by atoms with Gasteiger partial charge in [0.25, 0.3) is 0 Å². The molecule has 2 atom stereocenters. The van der Waals surface area contributed by atoms with Crippen LogP contribution in [-0.4, -0.2) is 31.9 Å². The van der Waals surface area contributed by atoms with Crippen LogP contribution in [0.15, 0.2) is 40.5 Å². The van der Waals surface area contributed by atoms with E-state index in [1.165, 1.54) is 14.2 Å². The molecule has 2 unspecified atom stereocenters. The Kier molecular flexibility index (Phi) is 5.69. The Hall–Kier alpha value is -2.43. The van der Waals surface area contributed by atoms with Crippen LogP contribution in [0.1, 0.15) is 51.7 Å². The van der Waals surface area contributed by atoms with E-state index in [9.17, 15) is 9.59 Å². The van der Waals surface area contributed by atoms with E-state index >= 15 is 0 Å². The molecule has 1 heterocycles. The molecule has 0 saturated carbocycles. The number of carbonyl (C=O) groups is 2. The van der Waals surface area contributed by atoms with Crippen molar-refractivity contribution in [3.05, 3.63) is 46.7 Å². The molecule has 26 heavy (non-hydrogen) atoms.